The summed E-state index contributed by atoms with van der Waals surface area (Å²) in [5.74, 6) is 0. The summed E-state index contributed by atoms with van der Waals surface area (Å²) in [6.07, 6.45) is 3.30. The Morgan fingerprint density at radius 1 is 1.14 bits per heavy atom. The van der Waals surface area contributed by atoms with Gasteiger partial charge in [0, 0.05) is 29.2 Å². The molecule has 1 N–H and O–H groups in total. The molecule has 0 spiro atoms. The van der Waals surface area contributed by atoms with Crippen LogP contribution in [0.4, 0.5) is 0 Å². The first kappa shape index (κ1) is 13.8. The number of H-pyrrole nitrogens is 1. The summed E-state index contributed by atoms with van der Waals surface area (Å²) < 4.78 is 0. The molecule has 0 unspecified atom stereocenters. The van der Waals surface area contributed by atoms with Crippen LogP contribution in [-0.2, 0) is 0 Å². The Morgan fingerprint density at radius 3 is 2.55 bits per heavy atom. The molecule has 2 aromatic heterocycles. The van der Waals surface area contributed by atoms with Crippen LogP contribution in [0.1, 0.15) is 11.1 Å². The van der Waals surface area contributed by atoms with Crippen molar-refractivity contribution in [2.45, 2.75) is 6.92 Å². The number of nitrogens with zero attached hydrogens (tertiary/aromatic N) is 2. The minimum absolute atomic E-state index is 0.101. The van der Waals surface area contributed by atoms with Crippen molar-refractivity contribution in [1.29, 1.82) is 5.26 Å². The van der Waals surface area contributed by atoms with Gasteiger partial charge in [0.1, 0.15) is 11.6 Å². The number of aromatic nitrogens is 2. The molecule has 0 bridgehead atoms. The second-order valence-corrected chi connectivity index (χ2v) is 5.02. The first-order chi connectivity index (χ1) is 10.7. The quantitative estimate of drug-likeness (QED) is 0.786. The number of hydrogen-bond acceptors (Lipinski definition) is 3. The predicted octanol–water partition coefficient (Wildman–Crippen LogP) is 3.28. The second kappa shape index (κ2) is 5.66. The fourth-order valence-electron chi connectivity index (χ4n) is 2.31. The molecule has 3 rings (SSSR count). The SMILES string of the molecule is Cc1ccc(-c2cc(-c3cccnc3)c(C#N)c(=O)[nH]2)cc1. The summed E-state index contributed by atoms with van der Waals surface area (Å²) in [5.41, 5.74) is 3.78. The molecule has 0 atom stereocenters. The maximum atomic E-state index is 12.2. The van der Waals surface area contributed by atoms with Crippen molar-refractivity contribution in [2.24, 2.45) is 0 Å². The molecule has 0 aliphatic carbocycles. The monoisotopic (exact) mass is 287 g/mol. The molecule has 0 amide bonds. The molecule has 0 saturated carbocycles. The van der Waals surface area contributed by atoms with Gasteiger partial charge in [-0.3, -0.25) is 9.78 Å². The lowest BCUT2D eigenvalue weighted by Gasteiger charge is -2.08. The minimum atomic E-state index is -0.389. The Morgan fingerprint density at radius 2 is 1.91 bits per heavy atom. The van der Waals surface area contributed by atoms with Crippen molar-refractivity contribution in [1.82, 2.24) is 9.97 Å². The van der Waals surface area contributed by atoms with E-state index in [4.69, 9.17) is 0 Å². The zero-order valence-corrected chi connectivity index (χ0v) is 12.0. The zero-order chi connectivity index (χ0) is 15.5. The highest BCUT2D eigenvalue weighted by Gasteiger charge is 2.12. The van der Waals surface area contributed by atoms with E-state index in [9.17, 15) is 10.1 Å². The highest BCUT2D eigenvalue weighted by molar-refractivity contribution is 5.74. The van der Waals surface area contributed by atoms with Crippen LogP contribution in [0.3, 0.4) is 0 Å². The van der Waals surface area contributed by atoms with Gasteiger partial charge in [0.2, 0.25) is 0 Å². The number of aromatic amines is 1. The van der Waals surface area contributed by atoms with Crippen LogP contribution in [0.5, 0.6) is 0 Å². The predicted molar refractivity (Wildman–Crippen MR) is 85.2 cm³/mol. The normalized spacial score (nSPS) is 10.2. The van der Waals surface area contributed by atoms with Gasteiger partial charge in [0.15, 0.2) is 0 Å². The largest absolute Gasteiger partial charge is 0.321 e. The van der Waals surface area contributed by atoms with Gasteiger partial charge in [-0.25, -0.2) is 0 Å². The molecule has 2 heterocycles. The van der Waals surface area contributed by atoms with Gasteiger partial charge in [0.05, 0.1) is 0 Å². The van der Waals surface area contributed by atoms with Crippen LogP contribution in [0.25, 0.3) is 22.4 Å². The number of hydrogen-bond donors (Lipinski definition) is 1. The van der Waals surface area contributed by atoms with Crippen LogP contribution in [0.15, 0.2) is 59.7 Å². The molecule has 4 nitrogen and oxygen atoms in total. The van der Waals surface area contributed by atoms with E-state index in [2.05, 4.69) is 9.97 Å². The van der Waals surface area contributed by atoms with Crippen LogP contribution in [0.2, 0.25) is 0 Å². The summed E-state index contributed by atoms with van der Waals surface area (Å²) in [7, 11) is 0. The second-order valence-electron chi connectivity index (χ2n) is 5.02. The average Bonchev–Trinajstić information content (AvgIpc) is 2.55. The van der Waals surface area contributed by atoms with Crippen molar-refractivity contribution in [3.63, 3.8) is 0 Å². The molecule has 4 heteroatoms. The Hall–Kier alpha value is -3.19. The molecule has 0 radical (unpaired) electrons. The number of pyridine rings is 2. The van der Waals surface area contributed by atoms with Gasteiger partial charge in [0.25, 0.3) is 5.56 Å². The van der Waals surface area contributed by atoms with Gasteiger partial charge >= 0.3 is 0 Å². The molecule has 0 saturated heterocycles. The van der Waals surface area contributed by atoms with Gasteiger partial charge in [-0.05, 0) is 24.6 Å². The Kier molecular flexibility index (Phi) is 3.55. The number of aryl methyl sites for hydroxylation is 1. The van der Waals surface area contributed by atoms with E-state index < -0.39 is 0 Å². The lowest BCUT2D eigenvalue weighted by Crippen LogP contribution is -2.12. The number of nitriles is 1. The summed E-state index contributed by atoms with van der Waals surface area (Å²) >= 11 is 0. The van der Waals surface area contributed by atoms with E-state index in [1.165, 1.54) is 0 Å². The molecule has 106 valence electrons. The maximum absolute atomic E-state index is 12.2. The number of benzene rings is 1. The summed E-state index contributed by atoms with van der Waals surface area (Å²) in [6.45, 7) is 2.01. The van der Waals surface area contributed by atoms with Crippen molar-refractivity contribution in [3.05, 3.63) is 76.3 Å². The van der Waals surface area contributed by atoms with Crippen LogP contribution < -0.4 is 5.56 Å². The highest BCUT2D eigenvalue weighted by Crippen LogP contribution is 2.25. The van der Waals surface area contributed by atoms with Gasteiger partial charge in [-0.1, -0.05) is 35.9 Å². The van der Waals surface area contributed by atoms with Crippen LogP contribution in [0, 0.1) is 18.3 Å². The van der Waals surface area contributed by atoms with Gasteiger partial charge in [-0.2, -0.15) is 5.26 Å². The van der Waals surface area contributed by atoms with Crippen molar-refractivity contribution in [3.8, 4) is 28.5 Å². The Balaban J connectivity index is 2.24. The van der Waals surface area contributed by atoms with E-state index in [0.717, 1.165) is 16.7 Å². The Labute approximate surface area is 127 Å². The summed E-state index contributed by atoms with van der Waals surface area (Å²) in [6, 6.07) is 15.3. The molecule has 0 fully saturated rings. The fourth-order valence-corrected chi connectivity index (χ4v) is 2.31. The topological polar surface area (TPSA) is 69.5 Å². The molecule has 3 aromatic rings. The molecule has 0 aliphatic heterocycles. The minimum Gasteiger partial charge on any atom is -0.321 e. The smallest absolute Gasteiger partial charge is 0.266 e. The van der Waals surface area contributed by atoms with E-state index >= 15 is 0 Å². The van der Waals surface area contributed by atoms with E-state index in [0.29, 0.717) is 11.3 Å². The Bertz CT molecular complexity index is 904. The standard InChI is InChI=1S/C18H13N3O/c1-12-4-6-13(7-5-12)17-9-15(14-3-2-8-20-11-14)16(10-19)18(22)21-17/h2-9,11H,1H3,(H,21,22). The lowest BCUT2D eigenvalue weighted by molar-refractivity contribution is 1.21. The lowest BCUT2D eigenvalue weighted by atomic mass is 10.00. The summed E-state index contributed by atoms with van der Waals surface area (Å²) in [4.78, 5) is 19.0. The maximum Gasteiger partial charge on any atom is 0.266 e. The van der Waals surface area contributed by atoms with E-state index in [-0.39, 0.29) is 11.1 Å². The molecule has 0 aliphatic rings. The van der Waals surface area contributed by atoms with Crippen LogP contribution in [-0.4, -0.2) is 9.97 Å². The first-order valence-electron chi connectivity index (χ1n) is 6.84. The number of rotatable bonds is 2. The van der Waals surface area contributed by atoms with Gasteiger partial charge < -0.3 is 4.98 Å². The average molecular weight is 287 g/mol. The third kappa shape index (κ3) is 2.52. The molecular weight excluding hydrogens is 274 g/mol. The molecule has 1 aromatic carbocycles. The molecule has 22 heavy (non-hydrogen) atoms. The van der Waals surface area contributed by atoms with Gasteiger partial charge in [-0.15, -0.1) is 0 Å². The number of nitrogens with one attached hydrogen (secondary N) is 1. The van der Waals surface area contributed by atoms with Crippen molar-refractivity contribution in [2.75, 3.05) is 0 Å². The van der Waals surface area contributed by atoms with Crippen LogP contribution >= 0.6 is 0 Å². The summed E-state index contributed by atoms with van der Waals surface area (Å²) in [5, 5.41) is 9.27. The van der Waals surface area contributed by atoms with Crippen molar-refractivity contribution >= 4 is 0 Å². The fraction of sp³-hybridized carbons (Fsp3) is 0.0556. The van der Waals surface area contributed by atoms with Crippen molar-refractivity contribution < 1.29 is 0 Å². The molecular formula is C18H13N3O. The van der Waals surface area contributed by atoms with E-state index in [1.54, 1.807) is 18.5 Å². The highest BCUT2D eigenvalue weighted by atomic mass is 16.1. The zero-order valence-electron chi connectivity index (χ0n) is 12.0. The van der Waals surface area contributed by atoms with E-state index in [1.807, 2.05) is 49.4 Å². The third-order valence-corrected chi connectivity index (χ3v) is 3.48. The first-order valence-corrected chi connectivity index (χ1v) is 6.84. The third-order valence-electron chi connectivity index (χ3n) is 3.48.